The van der Waals surface area contributed by atoms with E-state index in [1.54, 1.807) is 11.8 Å². The topological polar surface area (TPSA) is 44.1 Å². The highest BCUT2D eigenvalue weighted by atomic mass is 32.2. The van der Waals surface area contributed by atoms with E-state index in [0.717, 1.165) is 25.9 Å². The predicted molar refractivity (Wildman–Crippen MR) is 80.9 cm³/mol. The van der Waals surface area contributed by atoms with E-state index in [-0.39, 0.29) is 16.1 Å². The number of nitrogens with zero attached hydrogens (tertiary/aromatic N) is 2. The van der Waals surface area contributed by atoms with Crippen molar-refractivity contribution in [1.29, 1.82) is 5.26 Å². The van der Waals surface area contributed by atoms with Gasteiger partial charge in [-0.05, 0) is 30.4 Å². The maximum atomic E-state index is 12.3. The quantitative estimate of drug-likeness (QED) is 0.797. The molecule has 1 fully saturated rings. The molecule has 1 heterocycles. The lowest BCUT2D eigenvalue weighted by Gasteiger charge is -2.37. The fourth-order valence-corrected chi connectivity index (χ4v) is 2.86. The fourth-order valence-electron chi connectivity index (χ4n) is 2.18. The van der Waals surface area contributed by atoms with Gasteiger partial charge in [-0.3, -0.25) is 4.79 Å². The smallest absolute Gasteiger partial charge is 0.222 e. The van der Waals surface area contributed by atoms with E-state index < -0.39 is 0 Å². The Labute approximate surface area is 121 Å². The number of amides is 1. The second-order valence-corrected chi connectivity index (χ2v) is 7.85. The molecular weight excluding hydrogens is 256 g/mol. The van der Waals surface area contributed by atoms with E-state index >= 15 is 0 Å². The molecule has 1 atom stereocenters. The van der Waals surface area contributed by atoms with Gasteiger partial charge in [0, 0.05) is 19.5 Å². The Kier molecular flexibility index (Phi) is 5.32. The van der Waals surface area contributed by atoms with Crippen molar-refractivity contribution in [3.63, 3.8) is 0 Å². The third-order valence-electron chi connectivity index (χ3n) is 4.48. The molecule has 1 aliphatic heterocycles. The average Bonchev–Trinajstić information content (AvgIpc) is 2.37. The maximum Gasteiger partial charge on any atom is 0.222 e. The zero-order chi connectivity index (χ0) is 14.7. The van der Waals surface area contributed by atoms with Gasteiger partial charge in [0.15, 0.2) is 0 Å². The number of nitriles is 1. The summed E-state index contributed by atoms with van der Waals surface area (Å²) in [7, 11) is 0. The Bertz CT molecular complexity index is 359. The fraction of sp³-hybridized carbons (Fsp3) is 0.867. The minimum Gasteiger partial charge on any atom is -0.343 e. The lowest BCUT2D eigenvalue weighted by molar-refractivity contribution is -0.133. The van der Waals surface area contributed by atoms with E-state index in [0.29, 0.717) is 12.3 Å². The first-order chi connectivity index (χ1) is 8.74. The van der Waals surface area contributed by atoms with Gasteiger partial charge in [-0.25, -0.2) is 0 Å². The number of likely N-dealkylation sites (tertiary alicyclic amines) is 1. The van der Waals surface area contributed by atoms with Gasteiger partial charge in [-0.15, -0.1) is 11.8 Å². The maximum absolute atomic E-state index is 12.3. The number of hydrogen-bond donors (Lipinski definition) is 0. The lowest BCUT2D eigenvalue weighted by Crippen LogP contribution is -2.45. The van der Waals surface area contributed by atoms with Gasteiger partial charge < -0.3 is 4.90 Å². The summed E-state index contributed by atoms with van der Waals surface area (Å²) < 4.78 is -0.271. The molecule has 0 aromatic rings. The van der Waals surface area contributed by atoms with Crippen molar-refractivity contribution in [3.05, 3.63) is 0 Å². The van der Waals surface area contributed by atoms with E-state index in [9.17, 15) is 10.1 Å². The minimum atomic E-state index is -0.271. The van der Waals surface area contributed by atoms with Crippen LogP contribution in [0.15, 0.2) is 0 Å². The summed E-state index contributed by atoms with van der Waals surface area (Å²) >= 11 is 1.63. The van der Waals surface area contributed by atoms with Crippen molar-refractivity contribution >= 4 is 17.7 Å². The van der Waals surface area contributed by atoms with E-state index in [1.165, 1.54) is 0 Å². The summed E-state index contributed by atoms with van der Waals surface area (Å²) in [6, 6.07) is 2.42. The molecule has 0 aromatic heterocycles. The summed E-state index contributed by atoms with van der Waals surface area (Å²) in [5.74, 6) is 0.623. The molecule has 1 unspecified atom stereocenters. The van der Waals surface area contributed by atoms with Crippen LogP contribution in [0, 0.1) is 22.7 Å². The molecule has 0 spiro atoms. The van der Waals surface area contributed by atoms with Crippen LogP contribution in [0.25, 0.3) is 0 Å². The lowest BCUT2D eigenvalue weighted by atomic mass is 9.80. The highest BCUT2D eigenvalue weighted by Gasteiger charge is 2.36. The van der Waals surface area contributed by atoms with Crippen molar-refractivity contribution in [1.82, 2.24) is 4.90 Å². The minimum absolute atomic E-state index is 0.168. The average molecular weight is 282 g/mol. The largest absolute Gasteiger partial charge is 0.343 e. The molecule has 19 heavy (non-hydrogen) atoms. The second-order valence-electron chi connectivity index (χ2n) is 6.66. The van der Waals surface area contributed by atoms with Crippen LogP contribution in [0.1, 0.15) is 47.0 Å². The van der Waals surface area contributed by atoms with Crippen molar-refractivity contribution < 1.29 is 4.79 Å². The number of thioether (sulfide) groups is 1. The summed E-state index contributed by atoms with van der Waals surface area (Å²) in [5, 5.41) is 9.24. The van der Waals surface area contributed by atoms with E-state index in [4.69, 9.17) is 0 Å². The van der Waals surface area contributed by atoms with Crippen molar-refractivity contribution in [2.24, 2.45) is 11.3 Å². The summed E-state index contributed by atoms with van der Waals surface area (Å²) in [4.78, 5) is 14.2. The molecule has 1 rings (SSSR count). The molecule has 0 bridgehead atoms. The molecule has 108 valence electrons. The van der Waals surface area contributed by atoms with Crippen LogP contribution in [0.3, 0.4) is 0 Å². The number of piperidine rings is 1. The highest BCUT2D eigenvalue weighted by molar-refractivity contribution is 8.00. The molecular formula is C15H26N2OS. The number of rotatable bonds is 3. The molecule has 1 saturated heterocycles. The van der Waals surface area contributed by atoms with Crippen LogP contribution >= 0.6 is 11.8 Å². The first-order valence-electron chi connectivity index (χ1n) is 6.98. The monoisotopic (exact) mass is 282 g/mol. The van der Waals surface area contributed by atoms with Crippen LogP contribution in [-0.2, 0) is 4.79 Å². The second kappa shape index (κ2) is 6.17. The molecule has 0 aromatic carbocycles. The van der Waals surface area contributed by atoms with Crippen LogP contribution < -0.4 is 0 Å². The van der Waals surface area contributed by atoms with Gasteiger partial charge in [-0.2, -0.15) is 5.26 Å². The van der Waals surface area contributed by atoms with Gasteiger partial charge in [0.1, 0.15) is 4.75 Å². The molecule has 0 aliphatic carbocycles. The molecule has 1 amide bonds. The molecule has 3 nitrogen and oxygen atoms in total. The van der Waals surface area contributed by atoms with Gasteiger partial charge in [0.25, 0.3) is 0 Å². The Morgan fingerprint density at radius 1 is 1.42 bits per heavy atom. The van der Waals surface area contributed by atoms with Crippen molar-refractivity contribution in [2.45, 2.75) is 51.7 Å². The molecule has 0 radical (unpaired) electrons. The van der Waals surface area contributed by atoms with Crippen LogP contribution in [-0.4, -0.2) is 34.9 Å². The van der Waals surface area contributed by atoms with Crippen LogP contribution in [0.5, 0.6) is 0 Å². The normalized spacial score (nSPS) is 20.7. The summed E-state index contributed by atoms with van der Waals surface area (Å²) in [5.41, 5.74) is 0.168. The Morgan fingerprint density at radius 3 is 2.32 bits per heavy atom. The highest BCUT2D eigenvalue weighted by Crippen LogP contribution is 2.35. The number of hydrogen-bond acceptors (Lipinski definition) is 3. The summed E-state index contributed by atoms with van der Waals surface area (Å²) in [6.07, 6.45) is 4.19. The molecule has 4 heteroatoms. The standard InChI is InChI=1S/C15H26N2OS/c1-12(14(2,3)4)10-13(18)17-8-6-15(11-16,19-5)7-9-17/h12H,6-10H2,1-5H3. The Balaban J connectivity index is 2.53. The Hall–Kier alpha value is -0.690. The first-order valence-corrected chi connectivity index (χ1v) is 8.21. The Morgan fingerprint density at radius 2 is 1.95 bits per heavy atom. The van der Waals surface area contributed by atoms with Gasteiger partial charge >= 0.3 is 0 Å². The number of carbonyl (C=O) groups is 1. The first kappa shape index (κ1) is 16.4. The predicted octanol–water partition coefficient (Wildman–Crippen LogP) is 3.31. The molecule has 0 saturated carbocycles. The summed E-state index contributed by atoms with van der Waals surface area (Å²) in [6.45, 7) is 10.1. The zero-order valence-corrected chi connectivity index (χ0v) is 13.6. The van der Waals surface area contributed by atoms with Crippen LogP contribution in [0.2, 0.25) is 0 Å². The molecule has 0 N–H and O–H groups in total. The number of carbonyl (C=O) groups excluding carboxylic acids is 1. The van der Waals surface area contributed by atoms with Crippen molar-refractivity contribution in [2.75, 3.05) is 19.3 Å². The molecule has 1 aliphatic rings. The van der Waals surface area contributed by atoms with Gasteiger partial charge in [0.05, 0.1) is 6.07 Å². The third kappa shape index (κ3) is 4.14. The van der Waals surface area contributed by atoms with Gasteiger partial charge in [0.2, 0.25) is 5.91 Å². The van der Waals surface area contributed by atoms with Crippen LogP contribution in [0.4, 0.5) is 0 Å². The van der Waals surface area contributed by atoms with E-state index in [2.05, 4.69) is 33.8 Å². The van der Waals surface area contributed by atoms with E-state index in [1.807, 2.05) is 11.2 Å². The SMILES string of the molecule is CSC1(C#N)CCN(C(=O)CC(C)C(C)(C)C)CC1. The van der Waals surface area contributed by atoms with Gasteiger partial charge in [-0.1, -0.05) is 27.7 Å². The third-order valence-corrected chi connectivity index (χ3v) is 5.76. The zero-order valence-electron chi connectivity index (χ0n) is 12.8. The van der Waals surface area contributed by atoms with Crippen molar-refractivity contribution in [3.8, 4) is 6.07 Å².